The van der Waals surface area contributed by atoms with E-state index in [-0.39, 0.29) is 29.2 Å². The first-order valence-electron chi connectivity index (χ1n) is 9.72. The molecule has 1 atom stereocenters. The van der Waals surface area contributed by atoms with Crippen molar-refractivity contribution >= 4 is 28.8 Å². The van der Waals surface area contributed by atoms with Gasteiger partial charge < -0.3 is 10.6 Å². The molecule has 6 nitrogen and oxygen atoms in total. The fraction of sp³-hybridized carbons (Fsp3) is 0.273. The van der Waals surface area contributed by atoms with Gasteiger partial charge in [-0.1, -0.05) is 41.7 Å². The molecule has 3 aromatic rings. The van der Waals surface area contributed by atoms with Gasteiger partial charge in [0.1, 0.15) is 10.8 Å². The highest BCUT2D eigenvalue weighted by atomic mass is 32.1. The first kappa shape index (κ1) is 21.6. The van der Waals surface area contributed by atoms with Crippen LogP contribution in [0.3, 0.4) is 0 Å². The second-order valence-electron chi connectivity index (χ2n) is 6.95. The normalized spacial score (nSPS) is 11.7. The molecule has 0 bridgehead atoms. The number of halogens is 1. The minimum Gasteiger partial charge on any atom is -0.354 e. The van der Waals surface area contributed by atoms with E-state index in [1.54, 1.807) is 0 Å². The van der Waals surface area contributed by atoms with E-state index in [1.807, 2.05) is 25.1 Å². The third kappa shape index (κ3) is 6.73. The van der Waals surface area contributed by atoms with Crippen molar-refractivity contribution in [1.82, 2.24) is 15.5 Å². The van der Waals surface area contributed by atoms with Crippen molar-refractivity contribution in [2.45, 2.75) is 38.6 Å². The van der Waals surface area contributed by atoms with Gasteiger partial charge in [-0.3, -0.25) is 9.59 Å². The molecule has 0 aliphatic carbocycles. The molecule has 0 aliphatic rings. The maximum atomic E-state index is 12.9. The summed E-state index contributed by atoms with van der Waals surface area (Å²) in [5.74, 6) is -0.841. The van der Waals surface area contributed by atoms with Crippen molar-refractivity contribution in [3.05, 3.63) is 76.0 Å². The fourth-order valence-corrected chi connectivity index (χ4v) is 3.57. The van der Waals surface area contributed by atoms with Crippen molar-refractivity contribution in [3.63, 3.8) is 0 Å². The number of rotatable bonds is 9. The van der Waals surface area contributed by atoms with Crippen LogP contribution in [0, 0.1) is 5.82 Å². The average Bonchev–Trinajstić information content (AvgIpc) is 3.22. The Morgan fingerprint density at radius 1 is 1.03 bits per heavy atom. The van der Waals surface area contributed by atoms with E-state index in [2.05, 4.69) is 33.0 Å². The maximum absolute atomic E-state index is 12.9. The molecule has 0 aliphatic heterocycles. The monoisotopic (exact) mass is 426 g/mol. The Bertz CT molecular complexity index is 976. The molecule has 1 heterocycles. The van der Waals surface area contributed by atoms with E-state index in [1.165, 1.54) is 29.8 Å². The van der Waals surface area contributed by atoms with E-state index in [9.17, 15) is 14.0 Å². The Morgan fingerprint density at radius 3 is 2.50 bits per heavy atom. The summed E-state index contributed by atoms with van der Waals surface area (Å²) in [5.41, 5.74) is 1.72. The van der Waals surface area contributed by atoms with E-state index >= 15 is 0 Å². The topological polar surface area (TPSA) is 84.0 Å². The van der Waals surface area contributed by atoms with Gasteiger partial charge in [-0.05, 0) is 49.6 Å². The van der Waals surface area contributed by atoms with Crippen LogP contribution in [0.25, 0.3) is 0 Å². The summed E-state index contributed by atoms with van der Waals surface area (Å²) in [6.45, 7) is 1.99. The number of aromatic nitrogens is 2. The summed E-state index contributed by atoms with van der Waals surface area (Å²) in [5, 5.41) is 14.3. The van der Waals surface area contributed by atoms with Crippen molar-refractivity contribution in [2.24, 2.45) is 0 Å². The van der Waals surface area contributed by atoms with Crippen LogP contribution in [0.4, 0.5) is 10.1 Å². The van der Waals surface area contributed by atoms with Crippen LogP contribution in [0.15, 0.2) is 54.6 Å². The molecule has 2 N–H and O–H groups in total. The molecule has 0 saturated heterocycles. The van der Waals surface area contributed by atoms with Gasteiger partial charge in [-0.2, -0.15) is 0 Å². The van der Waals surface area contributed by atoms with Crippen LogP contribution in [0.5, 0.6) is 0 Å². The number of anilines is 1. The number of amides is 2. The predicted molar refractivity (Wildman–Crippen MR) is 115 cm³/mol. The molecule has 0 radical (unpaired) electrons. The molecule has 0 saturated carbocycles. The quantitative estimate of drug-likeness (QED) is 0.542. The van der Waals surface area contributed by atoms with Gasteiger partial charge in [0.2, 0.25) is 10.9 Å². The number of nitrogens with zero attached hydrogens (tertiary/aromatic N) is 2. The molecule has 0 fully saturated rings. The van der Waals surface area contributed by atoms with Crippen LogP contribution in [0.2, 0.25) is 0 Å². The molecule has 156 valence electrons. The molecule has 30 heavy (non-hydrogen) atoms. The van der Waals surface area contributed by atoms with Crippen molar-refractivity contribution in [3.8, 4) is 0 Å². The first-order valence-corrected chi connectivity index (χ1v) is 10.5. The third-order valence-corrected chi connectivity index (χ3v) is 5.43. The second-order valence-corrected chi connectivity index (χ2v) is 8.02. The largest absolute Gasteiger partial charge is 0.354 e. The van der Waals surface area contributed by atoms with E-state index in [4.69, 9.17) is 0 Å². The Morgan fingerprint density at radius 2 is 1.77 bits per heavy atom. The summed E-state index contributed by atoms with van der Waals surface area (Å²) in [6.07, 6.45) is 2.47. The second kappa shape index (κ2) is 10.6. The van der Waals surface area contributed by atoms with Gasteiger partial charge in [0.15, 0.2) is 0 Å². The van der Waals surface area contributed by atoms with Crippen molar-refractivity contribution in [1.29, 1.82) is 0 Å². The lowest BCUT2D eigenvalue weighted by molar-refractivity contribution is -0.121. The van der Waals surface area contributed by atoms with Crippen molar-refractivity contribution in [2.75, 3.05) is 5.32 Å². The predicted octanol–water partition coefficient (Wildman–Crippen LogP) is 4.00. The summed E-state index contributed by atoms with van der Waals surface area (Å²) in [7, 11) is 0. The summed E-state index contributed by atoms with van der Waals surface area (Å²) in [4.78, 5) is 24.4. The standard InChI is InChI=1S/C22H23FN4O2S/c1-15(7-8-16-5-3-2-4-6-16)24-19(28)13-14-20-26-27-22(30-20)21(29)25-18-11-9-17(23)10-12-18/h2-6,9-12,15H,7-8,13-14H2,1H3,(H,24,28)(H,25,29)/t15-/m1/s1. The molecule has 1 aromatic heterocycles. The highest BCUT2D eigenvalue weighted by Crippen LogP contribution is 2.15. The molecule has 3 rings (SSSR count). The number of benzene rings is 2. The zero-order valence-electron chi connectivity index (χ0n) is 16.6. The minimum atomic E-state index is -0.413. The number of carbonyl (C=O) groups excluding carboxylic acids is 2. The minimum absolute atomic E-state index is 0.0527. The van der Waals surface area contributed by atoms with Crippen LogP contribution < -0.4 is 10.6 Å². The Labute approximate surface area is 178 Å². The Balaban J connectivity index is 1.41. The Hall–Kier alpha value is -3.13. The van der Waals surface area contributed by atoms with Gasteiger partial charge in [0.25, 0.3) is 5.91 Å². The zero-order chi connectivity index (χ0) is 21.3. The zero-order valence-corrected chi connectivity index (χ0v) is 17.4. The number of hydrogen-bond acceptors (Lipinski definition) is 5. The van der Waals surface area contributed by atoms with Gasteiger partial charge in [0.05, 0.1) is 0 Å². The smallest absolute Gasteiger partial charge is 0.286 e. The molecule has 0 unspecified atom stereocenters. The molecule has 0 spiro atoms. The molecular weight excluding hydrogens is 403 g/mol. The fourth-order valence-electron chi connectivity index (χ4n) is 2.83. The SMILES string of the molecule is C[C@H](CCc1ccccc1)NC(=O)CCc1nnc(C(=O)Nc2ccc(F)cc2)s1. The lowest BCUT2D eigenvalue weighted by Crippen LogP contribution is -2.33. The average molecular weight is 427 g/mol. The van der Waals surface area contributed by atoms with E-state index < -0.39 is 5.91 Å². The summed E-state index contributed by atoms with van der Waals surface area (Å²) in [6, 6.07) is 15.7. The van der Waals surface area contributed by atoms with Crippen LogP contribution in [0.1, 0.15) is 40.1 Å². The van der Waals surface area contributed by atoms with Gasteiger partial charge >= 0.3 is 0 Å². The molecule has 2 amide bonds. The van der Waals surface area contributed by atoms with Crippen LogP contribution in [-0.2, 0) is 17.6 Å². The van der Waals surface area contributed by atoms with Crippen LogP contribution in [-0.4, -0.2) is 28.1 Å². The van der Waals surface area contributed by atoms with Gasteiger partial charge in [-0.15, -0.1) is 10.2 Å². The number of nitrogens with one attached hydrogen (secondary N) is 2. The van der Waals surface area contributed by atoms with E-state index in [0.717, 1.165) is 24.2 Å². The lowest BCUT2D eigenvalue weighted by atomic mass is 10.1. The van der Waals surface area contributed by atoms with Gasteiger partial charge in [-0.25, -0.2) is 4.39 Å². The summed E-state index contributed by atoms with van der Waals surface area (Å²) >= 11 is 1.14. The lowest BCUT2D eigenvalue weighted by Gasteiger charge is -2.13. The Kier molecular flexibility index (Phi) is 7.62. The molecule has 2 aromatic carbocycles. The third-order valence-electron chi connectivity index (χ3n) is 4.45. The van der Waals surface area contributed by atoms with Crippen molar-refractivity contribution < 1.29 is 14.0 Å². The number of carbonyl (C=O) groups is 2. The van der Waals surface area contributed by atoms with E-state index in [0.29, 0.717) is 17.1 Å². The number of hydrogen-bond donors (Lipinski definition) is 2. The highest BCUT2D eigenvalue weighted by Gasteiger charge is 2.15. The molecule has 8 heteroatoms. The first-order chi connectivity index (χ1) is 14.5. The maximum Gasteiger partial charge on any atom is 0.286 e. The molecular formula is C22H23FN4O2S. The number of aryl methyl sites for hydroxylation is 2. The summed E-state index contributed by atoms with van der Waals surface area (Å²) < 4.78 is 12.9. The highest BCUT2D eigenvalue weighted by molar-refractivity contribution is 7.13. The van der Waals surface area contributed by atoms with Crippen LogP contribution >= 0.6 is 11.3 Å². The van der Waals surface area contributed by atoms with Gasteiger partial charge in [0, 0.05) is 24.6 Å².